The molecule has 0 N–H and O–H groups in total. The van der Waals surface area contributed by atoms with Crippen molar-refractivity contribution in [1.29, 1.82) is 0 Å². The van der Waals surface area contributed by atoms with Crippen molar-refractivity contribution < 1.29 is 4.79 Å². The minimum absolute atomic E-state index is 0.0947. The number of hydrogen-bond donors (Lipinski definition) is 0. The fraction of sp³-hybridized carbons (Fsp3) is 0.259. The molecule has 4 aromatic rings. The van der Waals surface area contributed by atoms with Gasteiger partial charge in [0.05, 0.1) is 10.9 Å². The second kappa shape index (κ2) is 9.43. The standard InChI is InChI=1S/C27H27N5OS/c1-18-10-11-23(17-19(18)2)32-25(22-12-14-28-15-13-22)29-30-27(32)34-20(3)26(33)31-16-6-8-21-7-4-5-9-24(21)31/h4-5,7,9-15,17,20H,6,8,16H2,1-3H3. The van der Waals surface area contributed by atoms with Crippen LogP contribution in [0.1, 0.15) is 30.0 Å². The molecule has 1 aliphatic heterocycles. The first-order chi connectivity index (χ1) is 16.5. The number of thioether (sulfide) groups is 1. The molecule has 2 aromatic heterocycles. The number of nitrogens with zero attached hydrogens (tertiary/aromatic N) is 5. The molecule has 1 aliphatic rings. The molecule has 2 aromatic carbocycles. The maximum absolute atomic E-state index is 13.5. The van der Waals surface area contributed by atoms with Gasteiger partial charge >= 0.3 is 0 Å². The van der Waals surface area contributed by atoms with Gasteiger partial charge in [-0.1, -0.05) is 36.0 Å². The molecule has 0 saturated heterocycles. The first-order valence-corrected chi connectivity index (χ1v) is 12.4. The lowest BCUT2D eigenvalue weighted by Crippen LogP contribution is -2.40. The summed E-state index contributed by atoms with van der Waals surface area (Å²) >= 11 is 1.45. The second-order valence-electron chi connectivity index (χ2n) is 8.63. The number of amides is 1. The van der Waals surface area contributed by atoms with E-state index in [9.17, 15) is 4.79 Å². The molecule has 1 unspecified atom stereocenters. The second-order valence-corrected chi connectivity index (χ2v) is 9.94. The molecule has 1 amide bonds. The Balaban J connectivity index is 1.50. The predicted molar refractivity (Wildman–Crippen MR) is 136 cm³/mol. The minimum Gasteiger partial charge on any atom is -0.311 e. The van der Waals surface area contributed by atoms with E-state index in [0.29, 0.717) is 5.16 Å². The summed E-state index contributed by atoms with van der Waals surface area (Å²) in [4.78, 5) is 19.6. The van der Waals surface area contributed by atoms with Crippen LogP contribution in [0.15, 0.2) is 72.1 Å². The van der Waals surface area contributed by atoms with Crippen LogP contribution >= 0.6 is 11.8 Å². The molecule has 7 heteroatoms. The Labute approximate surface area is 204 Å². The van der Waals surface area contributed by atoms with Crippen LogP contribution in [-0.4, -0.2) is 37.5 Å². The van der Waals surface area contributed by atoms with E-state index in [1.165, 1.54) is 28.5 Å². The van der Waals surface area contributed by atoms with Gasteiger partial charge in [0.15, 0.2) is 11.0 Å². The molecule has 172 valence electrons. The van der Waals surface area contributed by atoms with Gasteiger partial charge in [0.2, 0.25) is 5.91 Å². The third kappa shape index (κ3) is 4.23. The van der Waals surface area contributed by atoms with Gasteiger partial charge < -0.3 is 4.90 Å². The summed E-state index contributed by atoms with van der Waals surface area (Å²) in [6.07, 6.45) is 5.49. The summed E-state index contributed by atoms with van der Waals surface area (Å²) in [5.74, 6) is 0.827. The number of anilines is 1. The molecule has 0 fully saturated rings. The average Bonchev–Trinajstić information content (AvgIpc) is 3.28. The van der Waals surface area contributed by atoms with Gasteiger partial charge in [-0.3, -0.25) is 14.3 Å². The number of aromatic nitrogens is 4. The molecule has 0 bridgehead atoms. The third-order valence-corrected chi connectivity index (χ3v) is 7.36. The van der Waals surface area contributed by atoms with Gasteiger partial charge in [0.1, 0.15) is 0 Å². The predicted octanol–water partition coefficient (Wildman–Crippen LogP) is 5.41. The third-order valence-electron chi connectivity index (χ3n) is 6.33. The van der Waals surface area contributed by atoms with Crippen LogP contribution in [0.4, 0.5) is 5.69 Å². The van der Waals surface area contributed by atoms with Crippen LogP contribution in [0.2, 0.25) is 0 Å². The maximum atomic E-state index is 13.5. The Hall–Kier alpha value is -3.45. The van der Waals surface area contributed by atoms with Crippen LogP contribution in [-0.2, 0) is 11.2 Å². The van der Waals surface area contributed by atoms with Crippen molar-refractivity contribution in [2.45, 2.75) is 44.0 Å². The zero-order valence-corrected chi connectivity index (χ0v) is 20.4. The quantitative estimate of drug-likeness (QED) is 0.366. The van der Waals surface area contributed by atoms with Crippen LogP contribution < -0.4 is 4.90 Å². The normalized spacial score (nSPS) is 14.0. The number of carbonyl (C=O) groups excluding carboxylic acids is 1. The van der Waals surface area contributed by atoms with Crippen molar-refractivity contribution in [1.82, 2.24) is 19.7 Å². The Kier molecular flexibility index (Phi) is 6.20. The highest BCUT2D eigenvalue weighted by atomic mass is 32.2. The van der Waals surface area contributed by atoms with Crippen molar-refractivity contribution >= 4 is 23.4 Å². The van der Waals surface area contributed by atoms with Crippen molar-refractivity contribution in [3.63, 3.8) is 0 Å². The van der Waals surface area contributed by atoms with E-state index in [0.717, 1.165) is 42.1 Å². The topological polar surface area (TPSA) is 63.9 Å². The average molecular weight is 470 g/mol. The molecule has 5 rings (SSSR count). The number of para-hydroxylation sites is 1. The molecule has 0 spiro atoms. The van der Waals surface area contributed by atoms with Crippen molar-refractivity contribution in [2.75, 3.05) is 11.4 Å². The van der Waals surface area contributed by atoms with Gasteiger partial charge in [-0.2, -0.15) is 0 Å². The van der Waals surface area contributed by atoms with E-state index in [1.54, 1.807) is 12.4 Å². The Morgan fingerprint density at radius 2 is 1.79 bits per heavy atom. The van der Waals surface area contributed by atoms with E-state index >= 15 is 0 Å². The summed E-state index contributed by atoms with van der Waals surface area (Å²) in [6.45, 7) is 6.90. The summed E-state index contributed by atoms with van der Waals surface area (Å²) in [5.41, 5.74) is 6.58. The van der Waals surface area contributed by atoms with Crippen LogP contribution in [0.3, 0.4) is 0 Å². The highest BCUT2D eigenvalue weighted by Crippen LogP contribution is 2.33. The van der Waals surface area contributed by atoms with Gasteiger partial charge in [-0.05, 0) is 80.6 Å². The molecule has 0 radical (unpaired) electrons. The van der Waals surface area contributed by atoms with Crippen molar-refractivity contribution in [2.24, 2.45) is 0 Å². The van der Waals surface area contributed by atoms with Crippen molar-refractivity contribution in [3.05, 3.63) is 83.7 Å². The fourth-order valence-corrected chi connectivity index (χ4v) is 5.25. The SMILES string of the molecule is Cc1ccc(-n2c(SC(C)C(=O)N3CCCc4ccccc43)nnc2-c2ccncc2)cc1C. The van der Waals surface area contributed by atoms with E-state index in [2.05, 4.69) is 53.3 Å². The lowest BCUT2D eigenvalue weighted by molar-refractivity contribution is -0.117. The number of hydrogen-bond acceptors (Lipinski definition) is 5. The lowest BCUT2D eigenvalue weighted by atomic mass is 10.0. The maximum Gasteiger partial charge on any atom is 0.240 e. The number of rotatable bonds is 5. The number of carbonyl (C=O) groups is 1. The number of benzene rings is 2. The lowest BCUT2D eigenvalue weighted by Gasteiger charge is -2.31. The first kappa shape index (κ1) is 22.3. The van der Waals surface area contributed by atoms with Crippen LogP contribution in [0.25, 0.3) is 17.1 Å². The summed E-state index contributed by atoms with van der Waals surface area (Å²) in [5, 5.41) is 9.41. The van der Waals surface area contributed by atoms with E-state index in [1.807, 2.05) is 46.7 Å². The highest BCUT2D eigenvalue weighted by molar-refractivity contribution is 8.00. The van der Waals surface area contributed by atoms with Gasteiger partial charge in [0, 0.05) is 30.2 Å². The summed E-state index contributed by atoms with van der Waals surface area (Å²) < 4.78 is 2.04. The molecule has 1 atom stereocenters. The molecule has 34 heavy (non-hydrogen) atoms. The summed E-state index contributed by atoms with van der Waals surface area (Å²) in [6, 6.07) is 18.4. The van der Waals surface area contributed by atoms with E-state index in [-0.39, 0.29) is 11.2 Å². The molecule has 0 saturated carbocycles. The molecule has 3 heterocycles. The molecular formula is C27H27N5OS. The molecule has 0 aliphatic carbocycles. The van der Waals surface area contributed by atoms with Gasteiger partial charge in [-0.15, -0.1) is 10.2 Å². The number of pyridine rings is 1. The number of aryl methyl sites for hydroxylation is 3. The zero-order chi connectivity index (χ0) is 23.7. The van der Waals surface area contributed by atoms with Crippen LogP contribution in [0, 0.1) is 13.8 Å². The van der Waals surface area contributed by atoms with Gasteiger partial charge in [0.25, 0.3) is 0 Å². The number of fused-ring (bicyclic) bond motifs is 1. The largest absolute Gasteiger partial charge is 0.311 e. The van der Waals surface area contributed by atoms with Crippen molar-refractivity contribution in [3.8, 4) is 17.1 Å². The van der Waals surface area contributed by atoms with E-state index < -0.39 is 0 Å². The molecule has 6 nitrogen and oxygen atoms in total. The smallest absolute Gasteiger partial charge is 0.240 e. The monoisotopic (exact) mass is 469 g/mol. The van der Waals surface area contributed by atoms with Crippen LogP contribution in [0.5, 0.6) is 0 Å². The fourth-order valence-electron chi connectivity index (χ4n) is 4.32. The molecular weight excluding hydrogens is 442 g/mol. The summed E-state index contributed by atoms with van der Waals surface area (Å²) in [7, 11) is 0. The van der Waals surface area contributed by atoms with Gasteiger partial charge in [-0.25, -0.2) is 0 Å². The zero-order valence-electron chi connectivity index (χ0n) is 19.6. The Morgan fingerprint density at radius 3 is 2.59 bits per heavy atom. The minimum atomic E-state index is -0.314. The highest BCUT2D eigenvalue weighted by Gasteiger charge is 2.29. The Bertz CT molecular complexity index is 1330. The first-order valence-electron chi connectivity index (χ1n) is 11.5. The Morgan fingerprint density at radius 1 is 1.00 bits per heavy atom. The van der Waals surface area contributed by atoms with E-state index in [4.69, 9.17) is 0 Å².